The van der Waals surface area contributed by atoms with E-state index in [-0.39, 0.29) is 0 Å². The molecule has 0 radical (unpaired) electrons. The minimum atomic E-state index is 0.375. The Bertz CT molecular complexity index is 341. The number of nitrogens with zero attached hydrogens (tertiary/aromatic N) is 3. The maximum absolute atomic E-state index is 4.46. The summed E-state index contributed by atoms with van der Waals surface area (Å²) in [4.78, 5) is 6.62. The van der Waals surface area contributed by atoms with Gasteiger partial charge >= 0.3 is 0 Å². The van der Waals surface area contributed by atoms with Crippen LogP contribution in [0, 0.1) is 6.92 Å². The molecule has 90 valence electrons. The zero-order valence-electron chi connectivity index (χ0n) is 10.7. The van der Waals surface area contributed by atoms with Gasteiger partial charge in [0.2, 0.25) is 5.95 Å². The van der Waals surface area contributed by atoms with Gasteiger partial charge in [-0.3, -0.25) is 0 Å². The molecule has 0 aromatic carbocycles. The van der Waals surface area contributed by atoms with Crippen LogP contribution in [0.3, 0.4) is 0 Å². The fourth-order valence-electron chi connectivity index (χ4n) is 1.75. The van der Waals surface area contributed by atoms with Crippen molar-refractivity contribution in [2.45, 2.75) is 26.4 Å². The van der Waals surface area contributed by atoms with Crippen LogP contribution in [-0.2, 0) is 6.54 Å². The van der Waals surface area contributed by atoms with E-state index in [4.69, 9.17) is 0 Å². The van der Waals surface area contributed by atoms with Crippen LogP contribution in [0.2, 0.25) is 0 Å². The SMILES string of the molecule is C=CCn1cc(C)nc1NC(C)CN(C)C. The molecule has 0 aliphatic carbocycles. The molecule has 0 aliphatic rings. The summed E-state index contributed by atoms with van der Waals surface area (Å²) in [6.07, 6.45) is 3.91. The van der Waals surface area contributed by atoms with Crippen LogP contribution < -0.4 is 5.32 Å². The van der Waals surface area contributed by atoms with Gasteiger partial charge in [0.1, 0.15) is 0 Å². The number of allylic oxidation sites excluding steroid dienone is 1. The third-order valence-corrected chi connectivity index (χ3v) is 2.24. The number of aryl methyl sites for hydroxylation is 1. The second-order valence-corrected chi connectivity index (χ2v) is 4.45. The summed E-state index contributed by atoms with van der Waals surface area (Å²) in [5.74, 6) is 0.923. The lowest BCUT2D eigenvalue weighted by molar-refractivity contribution is 0.391. The van der Waals surface area contributed by atoms with E-state index >= 15 is 0 Å². The van der Waals surface area contributed by atoms with Gasteiger partial charge in [0.25, 0.3) is 0 Å². The molecule has 0 bridgehead atoms. The summed E-state index contributed by atoms with van der Waals surface area (Å²) in [6.45, 7) is 9.68. The van der Waals surface area contributed by atoms with Gasteiger partial charge < -0.3 is 14.8 Å². The first-order valence-electron chi connectivity index (χ1n) is 5.59. The van der Waals surface area contributed by atoms with E-state index in [1.807, 2.05) is 19.2 Å². The summed E-state index contributed by atoms with van der Waals surface area (Å²) in [5, 5.41) is 3.41. The zero-order chi connectivity index (χ0) is 12.1. The molecule has 0 amide bonds. The van der Waals surface area contributed by atoms with E-state index in [9.17, 15) is 0 Å². The van der Waals surface area contributed by atoms with Crippen LogP contribution in [0.1, 0.15) is 12.6 Å². The van der Waals surface area contributed by atoms with Gasteiger partial charge in [-0.2, -0.15) is 0 Å². The minimum Gasteiger partial charge on any atom is -0.352 e. The molecule has 1 rings (SSSR count). The summed E-state index contributed by atoms with van der Waals surface area (Å²) in [6, 6.07) is 0.375. The Morgan fingerprint density at radius 3 is 2.88 bits per heavy atom. The average Bonchev–Trinajstić information content (AvgIpc) is 2.45. The first kappa shape index (κ1) is 12.8. The molecule has 4 heteroatoms. The highest BCUT2D eigenvalue weighted by Gasteiger charge is 2.08. The van der Waals surface area contributed by atoms with E-state index in [1.165, 1.54) is 0 Å². The molecule has 0 saturated carbocycles. The fourth-order valence-corrected chi connectivity index (χ4v) is 1.75. The molecule has 1 N–H and O–H groups in total. The van der Waals surface area contributed by atoms with Crippen LogP contribution in [0.5, 0.6) is 0 Å². The number of nitrogens with one attached hydrogen (secondary N) is 1. The predicted molar refractivity (Wildman–Crippen MR) is 68.8 cm³/mol. The molecule has 0 spiro atoms. The lowest BCUT2D eigenvalue weighted by atomic mass is 10.3. The van der Waals surface area contributed by atoms with Gasteiger partial charge in [0, 0.05) is 25.3 Å². The number of aromatic nitrogens is 2. The number of hydrogen-bond donors (Lipinski definition) is 1. The number of anilines is 1. The molecular weight excluding hydrogens is 200 g/mol. The van der Waals surface area contributed by atoms with Crippen molar-refractivity contribution in [2.24, 2.45) is 0 Å². The Balaban J connectivity index is 2.67. The highest BCUT2D eigenvalue weighted by atomic mass is 15.2. The van der Waals surface area contributed by atoms with Crippen LogP contribution in [0.25, 0.3) is 0 Å². The third-order valence-electron chi connectivity index (χ3n) is 2.24. The van der Waals surface area contributed by atoms with Crippen LogP contribution in [0.15, 0.2) is 18.9 Å². The van der Waals surface area contributed by atoms with Crippen molar-refractivity contribution in [3.8, 4) is 0 Å². The standard InChI is InChI=1S/C12H22N4/c1-6-7-16-9-11(3)14-12(16)13-10(2)8-15(4)5/h6,9-10H,1,7-8H2,2-5H3,(H,13,14). The first-order valence-corrected chi connectivity index (χ1v) is 5.59. The second-order valence-electron chi connectivity index (χ2n) is 4.45. The number of imidazole rings is 1. The largest absolute Gasteiger partial charge is 0.352 e. The minimum absolute atomic E-state index is 0.375. The Morgan fingerprint density at radius 2 is 2.31 bits per heavy atom. The Hall–Kier alpha value is -1.29. The van der Waals surface area contributed by atoms with Gasteiger partial charge in [-0.15, -0.1) is 6.58 Å². The second kappa shape index (κ2) is 5.70. The monoisotopic (exact) mass is 222 g/mol. The van der Waals surface area contributed by atoms with Gasteiger partial charge in [-0.05, 0) is 27.9 Å². The van der Waals surface area contributed by atoms with Crippen molar-refractivity contribution in [1.29, 1.82) is 0 Å². The molecule has 16 heavy (non-hydrogen) atoms. The molecule has 0 saturated heterocycles. The highest BCUT2D eigenvalue weighted by Crippen LogP contribution is 2.09. The molecule has 1 heterocycles. The Morgan fingerprint density at radius 1 is 1.62 bits per heavy atom. The molecule has 1 aromatic rings. The number of hydrogen-bond acceptors (Lipinski definition) is 3. The van der Waals surface area contributed by atoms with Crippen molar-refractivity contribution in [3.63, 3.8) is 0 Å². The third kappa shape index (κ3) is 3.70. The summed E-state index contributed by atoms with van der Waals surface area (Å²) in [7, 11) is 4.14. The van der Waals surface area contributed by atoms with Gasteiger partial charge in [-0.1, -0.05) is 6.08 Å². The quantitative estimate of drug-likeness (QED) is 0.744. The topological polar surface area (TPSA) is 33.1 Å². The van der Waals surface area contributed by atoms with Gasteiger partial charge in [0.05, 0.1) is 5.69 Å². The van der Waals surface area contributed by atoms with Crippen molar-refractivity contribution >= 4 is 5.95 Å². The van der Waals surface area contributed by atoms with Crippen molar-refractivity contribution < 1.29 is 0 Å². The van der Waals surface area contributed by atoms with E-state index < -0.39 is 0 Å². The molecule has 0 fully saturated rings. The van der Waals surface area contributed by atoms with E-state index in [0.717, 1.165) is 24.7 Å². The van der Waals surface area contributed by atoms with Crippen LogP contribution in [0.4, 0.5) is 5.95 Å². The normalized spacial score (nSPS) is 12.8. The first-order chi connectivity index (χ1) is 7.52. The lowest BCUT2D eigenvalue weighted by Gasteiger charge is -2.19. The molecule has 4 nitrogen and oxygen atoms in total. The molecule has 1 aromatic heterocycles. The number of rotatable bonds is 6. The summed E-state index contributed by atoms with van der Waals surface area (Å²) >= 11 is 0. The predicted octanol–water partition coefficient (Wildman–Crippen LogP) is 1.74. The molecular formula is C12H22N4. The smallest absolute Gasteiger partial charge is 0.203 e. The molecule has 1 atom stereocenters. The lowest BCUT2D eigenvalue weighted by Crippen LogP contribution is -2.30. The average molecular weight is 222 g/mol. The Kier molecular flexibility index (Phi) is 4.55. The number of likely N-dealkylation sites (N-methyl/N-ethyl adjacent to an activating group) is 1. The van der Waals surface area contributed by atoms with E-state index in [2.05, 4.69) is 47.4 Å². The molecule has 1 unspecified atom stereocenters. The highest BCUT2D eigenvalue weighted by molar-refractivity contribution is 5.30. The van der Waals surface area contributed by atoms with Crippen molar-refractivity contribution in [3.05, 3.63) is 24.5 Å². The maximum Gasteiger partial charge on any atom is 0.203 e. The van der Waals surface area contributed by atoms with E-state index in [1.54, 1.807) is 0 Å². The fraction of sp³-hybridized carbons (Fsp3) is 0.583. The maximum atomic E-state index is 4.46. The van der Waals surface area contributed by atoms with Crippen molar-refractivity contribution in [2.75, 3.05) is 26.0 Å². The summed E-state index contributed by atoms with van der Waals surface area (Å²) in [5.41, 5.74) is 1.03. The molecule has 0 aliphatic heterocycles. The van der Waals surface area contributed by atoms with Gasteiger partial charge in [0.15, 0.2) is 0 Å². The summed E-state index contributed by atoms with van der Waals surface area (Å²) < 4.78 is 2.08. The van der Waals surface area contributed by atoms with E-state index in [0.29, 0.717) is 6.04 Å². The Labute approximate surface area is 98.0 Å². The zero-order valence-corrected chi connectivity index (χ0v) is 10.7. The van der Waals surface area contributed by atoms with Crippen LogP contribution in [-0.4, -0.2) is 41.1 Å². The van der Waals surface area contributed by atoms with Crippen molar-refractivity contribution in [1.82, 2.24) is 14.5 Å². The van der Waals surface area contributed by atoms with Gasteiger partial charge in [-0.25, -0.2) is 4.98 Å². The van der Waals surface area contributed by atoms with Crippen LogP contribution >= 0.6 is 0 Å².